The third-order valence-electron chi connectivity index (χ3n) is 4.05. The summed E-state index contributed by atoms with van der Waals surface area (Å²) in [5.74, 6) is 2.11. The van der Waals surface area contributed by atoms with E-state index < -0.39 is 0 Å². The molecular weight excluding hydrogens is 338 g/mol. The van der Waals surface area contributed by atoms with Crippen LogP contribution in [0.25, 0.3) is 5.69 Å². The Morgan fingerprint density at radius 1 is 1.16 bits per heavy atom. The van der Waals surface area contributed by atoms with Gasteiger partial charge in [0.15, 0.2) is 17.3 Å². The Balaban J connectivity index is 2.07. The van der Waals surface area contributed by atoms with Crippen LogP contribution in [0.15, 0.2) is 18.2 Å². The van der Waals surface area contributed by atoms with Crippen molar-refractivity contribution in [2.75, 3.05) is 27.3 Å². The van der Waals surface area contributed by atoms with E-state index in [0.29, 0.717) is 11.5 Å². The van der Waals surface area contributed by atoms with Crippen molar-refractivity contribution in [3.8, 4) is 17.2 Å². The monoisotopic (exact) mass is 363 g/mol. The molecule has 0 spiro atoms. The normalized spacial score (nSPS) is 10.6. The first kappa shape index (κ1) is 19.1. The van der Waals surface area contributed by atoms with Crippen LogP contribution in [0.1, 0.15) is 32.5 Å². The third kappa shape index (κ3) is 4.66. The summed E-state index contributed by atoms with van der Waals surface area (Å²) in [4.78, 5) is 3.20. The summed E-state index contributed by atoms with van der Waals surface area (Å²) in [7, 11) is 3.22. The minimum atomic E-state index is 0.643. The number of hydrogen-bond donors (Lipinski definition) is 0. The summed E-state index contributed by atoms with van der Waals surface area (Å²) < 4.78 is 12.3. The van der Waals surface area contributed by atoms with Gasteiger partial charge in [0.05, 0.1) is 24.9 Å². The molecular formula is C17H25N5O2S. The van der Waals surface area contributed by atoms with E-state index in [1.54, 1.807) is 18.9 Å². The second-order valence-electron chi connectivity index (χ2n) is 5.47. The highest BCUT2D eigenvalue weighted by molar-refractivity contribution is 7.80. The van der Waals surface area contributed by atoms with Crippen molar-refractivity contribution in [1.29, 1.82) is 0 Å². The predicted molar refractivity (Wildman–Crippen MR) is 101 cm³/mol. The van der Waals surface area contributed by atoms with Gasteiger partial charge in [-0.1, -0.05) is 12.2 Å². The molecule has 8 heteroatoms. The van der Waals surface area contributed by atoms with Crippen LogP contribution < -0.4 is 9.47 Å². The van der Waals surface area contributed by atoms with E-state index in [1.807, 2.05) is 18.2 Å². The minimum Gasteiger partial charge on any atom is -0.493 e. The second-order valence-corrected chi connectivity index (χ2v) is 5.94. The lowest BCUT2D eigenvalue weighted by molar-refractivity contribution is 0.354. The Bertz CT molecular complexity index is 700. The van der Waals surface area contributed by atoms with E-state index in [9.17, 15) is 0 Å². The Kier molecular flexibility index (Phi) is 7.12. The molecule has 1 heterocycles. The maximum Gasteiger partial charge on any atom is 0.162 e. The summed E-state index contributed by atoms with van der Waals surface area (Å²) in [6.45, 7) is 6.12. The number of rotatable bonds is 9. The molecule has 0 bridgehead atoms. The lowest BCUT2D eigenvalue weighted by Gasteiger charge is -2.21. The average molecular weight is 363 g/mol. The lowest BCUT2D eigenvalue weighted by atomic mass is 10.2. The van der Waals surface area contributed by atoms with Gasteiger partial charge in [0.1, 0.15) is 0 Å². The summed E-state index contributed by atoms with van der Waals surface area (Å²) >= 11 is 5.49. The van der Waals surface area contributed by atoms with Gasteiger partial charge in [-0.05, 0) is 49.2 Å². The van der Waals surface area contributed by atoms with Crippen molar-refractivity contribution in [3.05, 3.63) is 24.0 Å². The van der Waals surface area contributed by atoms with Gasteiger partial charge in [0.25, 0.3) is 0 Å². The first-order valence-electron chi connectivity index (χ1n) is 8.42. The molecule has 0 atom stereocenters. The van der Waals surface area contributed by atoms with Gasteiger partial charge in [-0.3, -0.25) is 0 Å². The molecule has 0 fully saturated rings. The summed E-state index contributed by atoms with van der Waals surface area (Å²) in [5.41, 5.74) is 0.837. The molecule has 136 valence electrons. The maximum absolute atomic E-state index is 5.49. The molecule has 0 unspecified atom stereocenters. The number of hydrogen-bond acceptors (Lipinski definition) is 6. The lowest BCUT2D eigenvalue weighted by Crippen LogP contribution is -2.28. The quantitative estimate of drug-likeness (QED) is 0.635. The topological polar surface area (TPSA) is 65.3 Å². The zero-order valence-corrected chi connectivity index (χ0v) is 16.0. The van der Waals surface area contributed by atoms with Crippen LogP contribution in [0, 0.1) is 0 Å². The standard InChI is InChI=1S/C17H25N5O2S/c1-5-21(6-2)17(25)9-7-8-16-18-19-20-22(16)13-10-11-14(23-3)15(12-13)24-4/h10-12H,5-9H2,1-4H3. The zero-order valence-electron chi connectivity index (χ0n) is 15.2. The van der Waals surface area contributed by atoms with Crippen molar-refractivity contribution in [2.24, 2.45) is 0 Å². The largest absolute Gasteiger partial charge is 0.493 e. The second kappa shape index (κ2) is 9.31. The van der Waals surface area contributed by atoms with Crippen molar-refractivity contribution >= 4 is 17.2 Å². The van der Waals surface area contributed by atoms with E-state index in [0.717, 1.165) is 48.9 Å². The molecule has 0 aliphatic heterocycles. The van der Waals surface area contributed by atoms with E-state index in [4.69, 9.17) is 21.7 Å². The number of aromatic nitrogens is 4. The van der Waals surface area contributed by atoms with Gasteiger partial charge in [0, 0.05) is 25.6 Å². The van der Waals surface area contributed by atoms with Gasteiger partial charge in [-0.2, -0.15) is 4.68 Å². The van der Waals surface area contributed by atoms with Crippen LogP contribution in [0.5, 0.6) is 11.5 Å². The van der Waals surface area contributed by atoms with Gasteiger partial charge < -0.3 is 14.4 Å². The Hall–Kier alpha value is -2.22. The molecule has 1 aromatic carbocycles. The fourth-order valence-electron chi connectivity index (χ4n) is 2.65. The van der Waals surface area contributed by atoms with Crippen LogP contribution in [0.2, 0.25) is 0 Å². The first-order valence-corrected chi connectivity index (χ1v) is 8.82. The fourth-order valence-corrected chi connectivity index (χ4v) is 3.05. The van der Waals surface area contributed by atoms with Gasteiger partial charge in [-0.15, -0.1) is 5.10 Å². The molecule has 0 N–H and O–H groups in total. The predicted octanol–water partition coefficient (Wildman–Crippen LogP) is 2.67. The molecule has 0 saturated heterocycles. The molecule has 2 aromatic rings. The van der Waals surface area contributed by atoms with Crippen LogP contribution in [0.3, 0.4) is 0 Å². The minimum absolute atomic E-state index is 0.643. The van der Waals surface area contributed by atoms with Gasteiger partial charge in [-0.25, -0.2) is 0 Å². The van der Waals surface area contributed by atoms with E-state index >= 15 is 0 Å². The van der Waals surface area contributed by atoms with Crippen molar-refractivity contribution in [1.82, 2.24) is 25.1 Å². The maximum atomic E-state index is 5.49. The molecule has 0 aliphatic rings. The fraction of sp³-hybridized carbons (Fsp3) is 0.529. The molecule has 0 radical (unpaired) electrons. The molecule has 25 heavy (non-hydrogen) atoms. The van der Waals surface area contributed by atoms with Crippen LogP contribution in [-0.4, -0.2) is 57.4 Å². The van der Waals surface area contributed by atoms with Gasteiger partial charge in [0.2, 0.25) is 0 Å². The van der Waals surface area contributed by atoms with Crippen LogP contribution in [0.4, 0.5) is 0 Å². The van der Waals surface area contributed by atoms with E-state index in [-0.39, 0.29) is 0 Å². The SMILES string of the molecule is CCN(CC)C(=S)CCCc1nnnn1-c1ccc(OC)c(OC)c1. The smallest absolute Gasteiger partial charge is 0.162 e. The molecule has 0 aliphatic carbocycles. The molecule has 2 rings (SSSR count). The molecule has 0 saturated carbocycles. The molecule has 1 aromatic heterocycles. The summed E-state index contributed by atoms with van der Waals surface area (Å²) in [6.07, 6.45) is 2.52. The number of thiocarbonyl (C=S) groups is 1. The number of nitrogens with zero attached hydrogens (tertiary/aromatic N) is 5. The number of methoxy groups -OCH3 is 2. The van der Waals surface area contributed by atoms with Crippen molar-refractivity contribution in [2.45, 2.75) is 33.1 Å². The summed E-state index contributed by atoms with van der Waals surface area (Å²) in [6, 6.07) is 5.61. The van der Waals surface area contributed by atoms with Crippen LogP contribution in [-0.2, 0) is 6.42 Å². The summed E-state index contributed by atoms with van der Waals surface area (Å²) in [5, 5.41) is 12.1. The van der Waals surface area contributed by atoms with Crippen LogP contribution >= 0.6 is 12.2 Å². The van der Waals surface area contributed by atoms with Crippen molar-refractivity contribution in [3.63, 3.8) is 0 Å². The molecule has 0 amide bonds. The number of aryl methyl sites for hydroxylation is 1. The molecule has 7 nitrogen and oxygen atoms in total. The van der Waals surface area contributed by atoms with Gasteiger partial charge >= 0.3 is 0 Å². The average Bonchev–Trinajstić information content (AvgIpc) is 3.10. The van der Waals surface area contributed by atoms with Crippen molar-refractivity contribution < 1.29 is 9.47 Å². The first-order chi connectivity index (χ1) is 12.1. The Morgan fingerprint density at radius 3 is 2.52 bits per heavy atom. The number of tetrazole rings is 1. The highest BCUT2D eigenvalue weighted by Gasteiger charge is 2.12. The Morgan fingerprint density at radius 2 is 1.88 bits per heavy atom. The third-order valence-corrected chi connectivity index (χ3v) is 4.52. The zero-order chi connectivity index (χ0) is 18.2. The highest BCUT2D eigenvalue weighted by atomic mass is 32.1. The number of benzene rings is 1. The highest BCUT2D eigenvalue weighted by Crippen LogP contribution is 2.29. The van der Waals surface area contributed by atoms with E-state index in [1.165, 1.54) is 0 Å². The van der Waals surface area contributed by atoms with E-state index in [2.05, 4.69) is 34.3 Å². The number of ether oxygens (including phenoxy) is 2. The Labute approximate surface area is 153 Å².